The van der Waals surface area contributed by atoms with Gasteiger partial charge in [-0.05, 0) is 61.7 Å². The predicted octanol–water partition coefficient (Wildman–Crippen LogP) is 3.85. The lowest BCUT2D eigenvalue weighted by Gasteiger charge is -2.14. The second-order valence-corrected chi connectivity index (χ2v) is 6.81. The van der Waals surface area contributed by atoms with Gasteiger partial charge in [-0.2, -0.15) is 0 Å². The van der Waals surface area contributed by atoms with Gasteiger partial charge in [-0.25, -0.2) is 4.39 Å². The topological polar surface area (TPSA) is 29.1 Å². The molecule has 2 atom stereocenters. The lowest BCUT2D eigenvalue weighted by atomic mass is 10.1. The van der Waals surface area contributed by atoms with Crippen LogP contribution in [0.5, 0.6) is 0 Å². The lowest BCUT2D eigenvalue weighted by Crippen LogP contribution is -2.20. The summed E-state index contributed by atoms with van der Waals surface area (Å²) >= 11 is 0. The zero-order chi connectivity index (χ0) is 15.9. The van der Waals surface area contributed by atoms with Gasteiger partial charge in [0.15, 0.2) is 0 Å². The van der Waals surface area contributed by atoms with Gasteiger partial charge in [0.05, 0.1) is 0 Å². The number of hydrogen-bond donors (Lipinski definition) is 1. The molecule has 0 aliphatic heterocycles. The van der Waals surface area contributed by atoms with E-state index in [1.54, 1.807) is 18.4 Å². The number of benzene rings is 2. The summed E-state index contributed by atoms with van der Waals surface area (Å²) in [5.74, 6) is -0.174. The molecule has 0 heterocycles. The standard InChI is InChI=1S/C18H22FNOS/c1-14(16-8-10-18(11-9-16)22(2)21)20-12-4-6-15-5-3-7-17(19)13-15/h3,5,7-11,13-14,20H,4,6,12H2,1-2H3/t14-,22+/m1/s1. The maximum absolute atomic E-state index is 13.1. The van der Waals surface area contributed by atoms with Crippen molar-refractivity contribution in [3.63, 3.8) is 0 Å². The minimum atomic E-state index is -0.931. The number of nitrogens with one attached hydrogen (secondary N) is 1. The fourth-order valence-electron chi connectivity index (χ4n) is 2.37. The molecule has 2 aromatic carbocycles. The summed E-state index contributed by atoms with van der Waals surface area (Å²) < 4.78 is 24.4. The Kier molecular flexibility index (Phi) is 6.28. The van der Waals surface area contributed by atoms with E-state index in [9.17, 15) is 8.60 Å². The molecule has 4 heteroatoms. The number of hydrogen-bond acceptors (Lipinski definition) is 2. The maximum Gasteiger partial charge on any atom is 0.123 e. The van der Waals surface area contributed by atoms with Crippen LogP contribution in [0.4, 0.5) is 4.39 Å². The Labute approximate surface area is 134 Å². The zero-order valence-corrected chi connectivity index (χ0v) is 13.8. The molecule has 0 saturated carbocycles. The van der Waals surface area contributed by atoms with Crippen molar-refractivity contribution in [1.82, 2.24) is 5.32 Å². The number of halogens is 1. The van der Waals surface area contributed by atoms with E-state index in [0.717, 1.165) is 29.8 Å². The molecule has 0 unspecified atom stereocenters. The molecule has 0 aromatic heterocycles. The summed E-state index contributed by atoms with van der Waals surface area (Å²) in [6, 6.07) is 14.9. The first kappa shape index (κ1) is 16.8. The van der Waals surface area contributed by atoms with E-state index >= 15 is 0 Å². The van der Waals surface area contributed by atoms with Crippen molar-refractivity contribution in [3.05, 3.63) is 65.5 Å². The van der Waals surface area contributed by atoms with E-state index in [1.165, 1.54) is 11.6 Å². The van der Waals surface area contributed by atoms with Crippen molar-refractivity contribution < 1.29 is 8.60 Å². The fraction of sp³-hybridized carbons (Fsp3) is 0.333. The molecule has 2 aromatic rings. The van der Waals surface area contributed by atoms with Crippen LogP contribution in [0.15, 0.2) is 53.4 Å². The minimum Gasteiger partial charge on any atom is -0.310 e. The van der Waals surface area contributed by atoms with Crippen molar-refractivity contribution in [3.8, 4) is 0 Å². The first-order chi connectivity index (χ1) is 10.6. The molecular formula is C18H22FNOS. The maximum atomic E-state index is 13.1. The molecule has 0 aliphatic carbocycles. The lowest BCUT2D eigenvalue weighted by molar-refractivity contribution is 0.557. The highest BCUT2D eigenvalue weighted by molar-refractivity contribution is 7.84. The van der Waals surface area contributed by atoms with Crippen molar-refractivity contribution in [2.75, 3.05) is 12.8 Å². The Balaban J connectivity index is 1.77. The van der Waals surface area contributed by atoms with Gasteiger partial charge in [0.25, 0.3) is 0 Å². The van der Waals surface area contributed by atoms with Gasteiger partial charge < -0.3 is 5.32 Å². The van der Waals surface area contributed by atoms with E-state index in [2.05, 4.69) is 12.2 Å². The van der Waals surface area contributed by atoms with Gasteiger partial charge in [-0.1, -0.05) is 24.3 Å². The van der Waals surface area contributed by atoms with Crippen LogP contribution in [-0.4, -0.2) is 17.0 Å². The summed E-state index contributed by atoms with van der Waals surface area (Å²) in [5.41, 5.74) is 2.21. The van der Waals surface area contributed by atoms with Gasteiger partial charge in [0, 0.05) is 28.0 Å². The van der Waals surface area contributed by atoms with Crippen LogP contribution >= 0.6 is 0 Å². The predicted molar refractivity (Wildman–Crippen MR) is 89.9 cm³/mol. The van der Waals surface area contributed by atoms with Crippen LogP contribution in [-0.2, 0) is 17.2 Å². The molecule has 0 aliphatic rings. The van der Waals surface area contributed by atoms with Gasteiger partial charge in [0.2, 0.25) is 0 Å². The summed E-state index contributed by atoms with van der Waals surface area (Å²) in [6.07, 6.45) is 3.51. The molecule has 0 radical (unpaired) electrons. The monoisotopic (exact) mass is 319 g/mol. The third kappa shape index (κ3) is 5.04. The average molecular weight is 319 g/mol. The molecule has 0 spiro atoms. The Morgan fingerprint density at radius 3 is 2.55 bits per heavy atom. The average Bonchev–Trinajstić information content (AvgIpc) is 2.51. The Morgan fingerprint density at radius 2 is 1.91 bits per heavy atom. The number of rotatable bonds is 7. The van der Waals surface area contributed by atoms with Crippen molar-refractivity contribution in [2.45, 2.75) is 30.7 Å². The summed E-state index contributed by atoms with van der Waals surface area (Å²) in [4.78, 5) is 0.849. The second kappa shape index (κ2) is 8.20. The largest absolute Gasteiger partial charge is 0.310 e. The molecule has 0 amide bonds. The van der Waals surface area contributed by atoms with Crippen LogP contribution in [0, 0.1) is 5.82 Å². The van der Waals surface area contributed by atoms with E-state index < -0.39 is 10.8 Å². The third-order valence-corrected chi connectivity index (χ3v) is 4.63. The Bertz CT molecular complexity index is 627. The molecule has 0 bridgehead atoms. The van der Waals surface area contributed by atoms with E-state index in [-0.39, 0.29) is 11.9 Å². The SMILES string of the molecule is C[C@@H](NCCCc1cccc(F)c1)c1ccc([S@](C)=O)cc1. The molecule has 118 valence electrons. The summed E-state index contributed by atoms with van der Waals surface area (Å²) in [6.45, 7) is 2.99. The Morgan fingerprint density at radius 1 is 1.18 bits per heavy atom. The van der Waals surface area contributed by atoms with Gasteiger partial charge in [-0.3, -0.25) is 4.21 Å². The summed E-state index contributed by atoms with van der Waals surface area (Å²) in [7, 11) is -0.931. The third-order valence-electron chi connectivity index (χ3n) is 3.69. The highest BCUT2D eigenvalue weighted by Crippen LogP contribution is 2.15. The number of aryl methyl sites for hydroxylation is 1. The molecule has 1 N–H and O–H groups in total. The molecule has 2 nitrogen and oxygen atoms in total. The zero-order valence-electron chi connectivity index (χ0n) is 13.0. The highest BCUT2D eigenvalue weighted by atomic mass is 32.2. The first-order valence-electron chi connectivity index (χ1n) is 7.47. The highest BCUT2D eigenvalue weighted by Gasteiger charge is 2.05. The van der Waals surface area contributed by atoms with Crippen LogP contribution < -0.4 is 5.32 Å². The van der Waals surface area contributed by atoms with Gasteiger partial charge in [0.1, 0.15) is 5.82 Å². The quantitative estimate of drug-likeness (QED) is 0.786. The first-order valence-corrected chi connectivity index (χ1v) is 9.03. The smallest absolute Gasteiger partial charge is 0.123 e. The van der Waals surface area contributed by atoms with Crippen LogP contribution in [0.25, 0.3) is 0 Å². The summed E-state index contributed by atoms with van der Waals surface area (Å²) in [5, 5.41) is 3.46. The van der Waals surface area contributed by atoms with Gasteiger partial charge in [-0.15, -0.1) is 0 Å². The van der Waals surface area contributed by atoms with Crippen molar-refractivity contribution in [1.29, 1.82) is 0 Å². The minimum absolute atomic E-state index is 0.174. The normalized spacial score (nSPS) is 13.8. The second-order valence-electron chi connectivity index (χ2n) is 5.43. The molecule has 0 fully saturated rings. The van der Waals surface area contributed by atoms with E-state index in [0.29, 0.717) is 0 Å². The fourth-order valence-corrected chi connectivity index (χ4v) is 2.89. The molecule has 0 saturated heterocycles. The van der Waals surface area contributed by atoms with Crippen LogP contribution in [0.3, 0.4) is 0 Å². The molecule has 2 rings (SSSR count). The van der Waals surface area contributed by atoms with Crippen LogP contribution in [0.2, 0.25) is 0 Å². The van der Waals surface area contributed by atoms with Gasteiger partial charge >= 0.3 is 0 Å². The van der Waals surface area contributed by atoms with E-state index in [4.69, 9.17) is 0 Å². The van der Waals surface area contributed by atoms with Crippen molar-refractivity contribution >= 4 is 10.8 Å². The van der Waals surface area contributed by atoms with Crippen LogP contribution in [0.1, 0.15) is 30.5 Å². The Hall–Kier alpha value is -1.52. The van der Waals surface area contributed by atoms with Crippen molar-refractivity contribution in [2.24, 2.45) is 0 Å². The molecular weight excluding hydrogens is 297 g/mol. The molecule has 22 heavy (non-hydrogen) atoms. The van der Waals surface area contributed by atoms with E-state index in [1.807, 2.05) is 30.3 Å².